The van der Waals surface area contributed by atoms with Crippen molar-refractivity contribution >= 4 is 5.69 Å². The third-order valence-corrected chi connectivity index (χ3v) is 2.34. The van der Waals surface area contributed by atoms with Crippen molar-refractivity contribution in [3.05, 3.63) is 48.3 Å². The second kappa shape index (κ2) is 6.74. The summed E-state index contributed by atoms with van der Waals surface area (Å²) in [5.74, 6) is 0.501. The molecule has 0 heterocycles. The van der Waals surface area contributed by atoms with Crippen LogP contribution >= 0.6 is 0 Å². The number of aryl methyl sites for hydroxylation is 1. The number of hydrogen-bond acceptors (Lipinski definition) is 2. The molecule has 3 heteroatoms. The van der Waals surface area contributed by atoms with Crippen LogP contribution in [0.25, 0.3) is 0 Å². The highest BCUT2D eigenvalue weighted by atomic mass is 19.1. The lowest BCUT2D eigenvalue weighted by Gasteiger charge is -2.05. The van der Waals surface area contributed by atoms with Gasteiger partial charge in [0, 0.05) is 12.1 Å². The molecule has 0 bridgehead atoms. The summed E-state index contributed by atoms with van der Waals surface area (Å²) < 4.78 is 17.8. The Labute approximate surface area is 102 Å². The smallest absolute Gasteiger partial charge is 0.120 e. The van der Waals surface area contributed by atoms with Crippen LogP contribution in [0.1, 0.15) is 18.4 Å². The molecule has 17 heavy (non-hydrogen) atoms. The highest BCUT2D eigenvalue weighted by molar-refractivity contribution is 5.49. The molecule has 1 rings (SSSR count). The Morgan fingerprint density at radius 1 is 1.47 bits per heavy atom. The summed E-state index contributed by atoms with van der Waals surface area (Å²) in [6.45, 7) is 5.60. The minimum absolute atomic E-state index is 0.287. The van der Waals surface area contributed by atoms with Crippen molar-refractivity contribution in [3.8, 4) is 5.75 Å². The van der Waals surface area contributed by atoms with E-state index in [1.807, 2.05) is 37.3 Å². The molecule has 0 saturated heterocycles. The third kappa shape index (κ3) is 5.20. The summed E-state index contributed by atoms with van der Waals surface area (Å²) in [4.78, 5) is 0. The van der Waals surface area contributed by atoms with Gasteiger partial charge in [-0.2, -0.15) is 0 Å². The molecular weight excluding hydrogens is 217 g/mol. The van der Waals surface area contributed by atoms with Gasteiger partial charge in [-0.1, -0.05) is 18.7 Å². The molecule has 0 spiro atoms. The third-order valence-electron chi connectivity index (χ3n) is 2.34. The number of nitrogen functional groups attached to an aromatic ring is 1. The predicted molar refractivity (Wildman–Crippen MR) is 69.7 cm³/mol. The van der Waals surface area contributed by atoms with Gasteiger partial charge in [0.2, 0.25) is 0 Å². The van der Waals surface area contributed by atoms with Gasteiger partial charge in [-0.3, -0.25) is 0 Å². The highest BCUT2D eigenvalue weighted by Gasteiger charge is 1.96. The van der Waals surface area contributed by atoms with Crippen molar-refractivity contribution in [3.63, 3.8) is 0 Å². The van der Waals surface area contributed by atoms with Crippen LogP contribution in [0.4, 0.5) is 10.1 Å². The maximum Gasteiger partial charge on any atom is 0.120 e. The zero-order chi connectivity index (χ0) is 12.7. The van der Waals surface area contributed by atoms with Crippen molar-refractivity contribution in [1.82, 2.24) is 0 Å². The normalized spacial score (nSPS) is 10.7. The fourth-order valence-electron chi connectivity index (χ4n) is 1.31. The van der Waals surface area contributed by atoms with E-state index in [-0.39, 0.29) is 5.83 Å². The minimum Gasteiger partial charge on any atom is -0.490 e. The Balaban J connectivity index is 2.30. The van der Waals surface area contributed by atoms with Gasteiger partial charge in [0.25, 0.3) is 0 Å². The van der Waals surface area contributed by atoms with Crippen LogP contribution in [0.15, 0.2) is 42.8 Å². The standard InChI is InChI=1S/C14H18FNO/c1-11-10-13(7-8-14(11)16)17-9-5-3-4-6-12(2)15/h3,5,7-8,10H,2,4,6,9,16H2,1H3/b5-3-. The summed E-state index contributed by atoms with van der Waals surface area (Å²) >= 11 is 0. The van der Waals surface area contributed by atoms with E-state index in [0.717, 1.165) is 17.0 Å². The molecule has 2 nitrogen and oxygen atoms in total. The van der Waals surface area contributed by atoms with Crippen molar-refractivity contribution in [2.45, 2.75) is 19.8 Å². The maximum absolute atomic E-state index is 12.3. The van der Waals surface area contributed by atoms with Crippen molar-refractivity contribution in [2.75, 3.05) is 12.3 Å². The van der Waals surface area contributed by atoms with E-state index in [9.17, 15) is 4.39 Å². The van der Waals surface area contributed by atoms with E-state index in [0.29, 0.717) is 19.4 Å². The molecule has 1 aromatic rings. The van der Waals surface area contributed by atoms with Gasteiger partial charge in [0.15, 0.2) is 0 Å². The molecule has 0 amide bonds. The largest absolute Gasteiger partial charge is 0.490 e. The van der Waals surface area contributed by atoms with Crippen LogP contribution in [-0.4, -0.2) is 6.61 Å². The SMILES string of the molecule is C=C(F)CC/C=C\COc1ccc(N)c(C)c1. The van der Waals surface area contributed by atoms with Gasteiger partial charge in [-0.25, -0.2) is 4.39 Å². The summed E-state index contributed by atoms with van der Waals surface area (Å²) in [7, 11) is 0. The first kappa shape index (κ1) is 13.3. The van der Waals surface area contributed by atoms with Gasteiger partial charge in [0.05, 0.1) is 5.83 Å². The Morgan fingerprint density at radius 3 is 2.88 bits per heavy atom. The zero-order valence-electron chi connectivity index (χ0n) is 10.1. The van der Waals surface area contributed by atoms with Crippen molar-refractivity contribution < 1.29 is 9.13 Å². The minimum atomic E-state index is -0.287. The second-order valence-electron chi connectivity index (χ2n) is 3.86. The fraction of sp³-hybridized carbons (Fsp3) is 0.286. The quantitative estimate of drug-likeness (QED) is 0.601. The molecule has 2 N–H and O–H groups in total. The van der Waals surface area contributed by atoms with Crippen LogP contribution in [0.5, 0.6) is 5.75 Å². The van der Waals surface area contributed by atoms with E-state index in [4.69, 9.17) is 10.5 Å². The van der Waals surface area contributed by atoms with E-state index in [1.165, 1.54) is 0 Å². The molecule has 0 atom stereocenters. The Bertz CT molecular complexity index is 413. The van der Waals surface area contributed by atoms with E-state index < -0.39 is 0 Å². The number of anilines is 1. The molecule has 0 aliphatic heterocycles. The topological polar surface area (TPSA) is 35.2 Å². The summed E-state index contributed by atoms with van der Waals surface area (Å²) in [6.07, 6.45) is 4.78. The van der Waals surface area contributed by atoms with E-state index >= 15 is 0 Å². The first-order chi connectivity index (χ1) is 8.09. The Morgan fingerprint density at radius 2 is 2.24 bits per heavy atom. The fourth-order valence-corrected chi connectivity index (χ4v) is 1.31. The lowest BCUT2D eigenvalue weighted by molar-refractivity contribution is 0.362. The highest BCUT2D eigenvalue weighted by Crippen LogP contribution is 2.18. The van der Waals surface area contributed by atoms with Gasteiger partial charge < -0.3 is 10.5 Å². The molecular formula is C14H18FNO. The number of halogens is 1. The zero-order valence-corrected chi connectivity index (χ0v) is 10.1. The molecule has 0 fully saturated rings. The average Bonchev–Trinajstić information content (AvgIpc) is 2.27. The van der Waals surface area contributed by atoms with Crippen LogP contribution in [-0.2, 0) is 0 Å². The number of hydrogen-bond donors (Lipinski definition) is 1. The number of benzene rings is 1. The van der Waals surface area contributed by atoms with Crippen LogP contribution < -0.4 is 10.5 Å². The molecule has 92 valence electrons. The maximum atomic E-state index is 12.3. The predicted octanol–water partition coefficient (Wildman–Crippen LogP) is 3.78. The number of allylic oxidation sites excluding steroid dienone is 2. The lowest BCUT2D eigenvalue weighted by atomic mass is 10.2. The van der Waals surface area contributed by atoms with Gasteiger partial charge in [-0.05, 0) is 37.1 Å². The van der Waals surface area contributed by atoms with Gasteiger partial charge >= 0.3 is 0 Å². The lowest BCUT2D eigenvalue weighted by Crippen LogP contribution is -1.95. The van der Waals surface area contributed by atoms with Crippen LogP contribution in [0.3, 0.4) is 0 Å². The summed E-state index contributed by atoms with van der Waals surface area (Å²) in [6, 6.07) is 5.55. The summed E-state index contributed by atoms with van der Waals surface area (Å²) in [5.41, 5.74) is 7.46. The van der Waals surface area contributed by atoms with Crippen molar-refractivity contribution in [2.24, 2.45) is 0 Å². The number of nitrogens with two attached hydrogens (primary N) is 1. The average molecular weight is 235 g/mol. The molecule has 0 aromatic heterocycles. The molecule has 0 aliphatic carbocycles. The molecule has 0 aliphatic rings. The van der Waals surface area contributed by atoms with Gasteiger partial charge in [-0.15, -0.1) is 0 Å². The van der Waals surface area contributed by atoms with E-state index in [1.54, 1.807) is 0 Å². The second-order valence-corrected chi connectivity index (χ2v) is 3.86. The number of ether oxygens (including phenoxy) is 1. The molecule has 0 saturated carbocycles. The molecule has 0 radical (unpaired) electrons. The first-order valence-electron chi connectivity index (χ1n) is 5.57. The monoisotopic (exact) mass is 235 g/mol. The van der Waals surface area contributed by atoms with E-state index in [2.05, 4.69) is 6.58 Å². The Kier molecular flexibility index (Phi) is 5.27. The Hall–Kier alpha value is -1.77. The van der Waals surface area contributed by atoms with Crippen molar-refractivity contribution in [1.29, 1.82) is 0 Å². The molecule has 0 unspecified atom stereocenters. The first-order valence-corrected chi connectivity index (χ1v) is 5.57. The number of rotatable bonds is 6. The summed E-state index contributed by atoms with van der Waals surface area (Å²) in [5, 5.41) is 0. The molecule has 1 aromatic carbocycles. The van der Waals surface area contributed by atoms with Crippen LogP contribution in [0.2, 0.25) is 0 Å². The van der Waals surface area contributed by atoms with Crippen LogP contribution in [0, 0.1) is 6.92 Å². The van der Waals surface area contributed by atoms with Gasteiger partial charge in [0.1, 0.15) is 12.4 Å².